The lowest BCUT2D eigenvalue weighted by Gasteiger charge is -2.31. The molecule has 0 amide bonds. The summed E-state index contributed by atoms with van der Waals surface area (Å²) in [5, 5.41) is 13.3. The molecule has 1 fully saturated rings. The number of hydrogen-bond acceptors (Lipinski definition) is 4. The van der Waals surface area contributed by atoms with Gasteiger partial charge >= 0.3 is 5.97 Å². The molecule has 1 saturated carbocycles. The Morgan fingerprint density at radius 1 is 1.21 bits per heavy atom. The average Bonchev–Trinajstić information content (AvgIpc) is 2.76. The number of aromatic carboxylic acids is 1. The number of fused-ring (bicyclic) bond motifs is 1. The van der Waals surface area contributed by atoms with Gasteiger partial charge in [0.15, 0.2) is 5.43 Å². The van der Waals surface area contributed by atoms with E-state index >= 15 is 0 Å². The zero-order chi connectivity index (χ0) is 23.9. The van der Waals surface area contributed by atoms with E-state index in [2.05, 4.69) is 5.32 Å². The van der Waals surface area contributed by atoms with Crippen LogP contribution >= 0.6 is 0 Å². The molecular formula is C27H30FNO4. The van der Waals surface area contributed by atoms with E-state index in [-0.39, 0.29) is 23.0 Å². The third-order valence-corrected chi connectivity index (χ3v) is 6.82. The summed E-state index contributed by atoms with van der Waals surface area (Å²) in [5.41, 5.74) is 2.24. The van der Waals surface area contributed by atoms with Gasteiger partial charge in [-0.2, -0.15) is 0 Å². The molecule has 1 heterocycles. The topological polar surface area (TPSA) is 79.5 Å². The molecule has 0 unspecified atom stereocenters. The van der Waals surface area contributed by atoms with E-state index in [0.717, 1.165) is 11.1 Å². The molecule has 0 spiro atoms. The fraction of sp³-hybridized carbons (Fsp3) is 0.407. The van der Waals surface area contributed by atoms with E-state index in [1.807, 2.05) is 26.0 Å². The molecule has 6 heteroatoms. The monoisotopic (exact) mass is 451 g/mol. The maximum absolute atomic E-state index is 14.4. The van der Waals surface area contributed by atoms with Crippen LogP contribution in [-0.4, -0.2) is 16.7 Å². The van der Waals surface area contributed by atoms with Gasteiger partial charge in [0.25, 0.3) is 0 Å². The molecule has 5 nitrogen and oxygen atoms in total. The van der Waals surface area contributed by atoms with Crippen LogP contribution in [0, 0.1) is 13.8 Å². The molecule has 0 aliphatic heterocycles. The SMILES string of the molecule is Cc1cc([C@@H](C)Nc2ccccc2C(=O)O)c2oc(C3CCC(C)(F)CC3)c(C)c(=O)c2c1. The summed E-state index contributed by atoms with van der Waals surface area (Å²) in [6.07, 6.45) is 2.18. The van der Waals surface area contributed by atoms with Crippen molar-refractivity contribution in [2.75, 3.05) is 5.32 Å². The first-order valence-corrected chi connectivity index (χ1v) is 11.4. The highest BCUT2D eigenvalue weighted by atomic mass is 19.1. The Kier molecular flexibility index (Phi) is 6.04. The van der Waals surface area contributed by atoms with Crippen LogP contribution in [0.3, 0.4) is 0 Å². The highest BCUT2D eigenvalue weighted by Gasteiger charge is 2.34. The smallest absolute Gasteiger partial charge is 0.337 e. The van der Waals surface area contributed by atoms with E-state index in [4.69, 9.17) is 4.42 Å². The molecule has 1 aromatic heterocycles. The first-order valence-electron chi connectivity index (χ1n) is 11.4. The van der Waals surface area contributed by atoms with Gasteiger partial charge in [0.2, 0.25) is 0 Å². The highest BCUT2D eigenvalue weighted by molar-refractivity contribution is 5.94. The van der Waals surface area contributed by atoms with Crippen LogP contribution in [-0.2, 0) is 0 Å². The lowest BCUT2D eigenvalue weighted by atomic mass is 9.79. The van der Waals surface area contributed by atoms with E-state index in [0.29, 0.717) is 53.7 Å². The molecule has 1 aliphatic rings. The molecule has 1 atom stereocenters. The number of nitrogens with one attached hydrogen (secondary N) is 1. The van der Waals surface area contributed by atoms with Crippen LogP contribution in [0.2, 0.25) is 0 Å². The van der Waals surface area contributed by atoms with Crippen molar-refractivity contribution in [3.63, 3.8) is 0 Å². The van der Waals surface area contributed by atoms with Crippen LogP contribution in [0.1, 0.15) is 84.3 Å². The van der Waals surface area contributed by atoms with Crippen LogP contribution < -0.4 is 10.7 Å². The van der Waals surface area contributed by atoms with Crippen molar-refractivity contribution >= 4 is 22.6 Å². The summed E-state index contributed by atoms with van der Waals surface area (Å²) < 4.78 is 20.8. The second-order valence-corrected chi connectivity index (χ2v) is 9.56. The zero-order valence-corrected chi connectivity index (χ0v) is 19.5. The molecule has 1 aliphatic carbocycles. The average molecular weight is 452 g/mol. The summed E-state index contributed by atoms with van der Waals surface area (Å²) in [5.74, 6) is -0.358. The first-order chi connectivity index (χ1) is 15.6. The number of benzene rings is 2. The largest absolute Gasteiger partial charge is 0.478 e. The normalized spacial score (nSPS) is 21.7. The summed E-state index contributed by atoms with van der Waals surface area (Å²) in [4.78, 5) is 24.9. The van der Waals surface area contributed by atoms with Gasteiger partial charge in [-0.1, -0.05) is 18.2 Å². The van der Waals surface area contributed by atoms with E-state index in [9.17, 15) is 19.1 Å². The number of carbonyl (C=O) groups is 1. The van der Waals surface area contributed by atoms with Crippen LogP contribution in [0.25, 0.3) is 11.0 Å². The fourth-order valence-corrected chi connectivity index (χ4v) is 4.88. The quantitative estimate of drug-likeness (QED) is 0.453. The Labute approximate surface area is 192 Å². The van der Waals surface area contributed by atoms with E-state index in [1.165, 1.54) is 0 Å². The number of rotatable bonds is 5. The van der Waals surface area contributed by atoms with Gasteiger partial charge in [0.1, 0.15) is 17.0 Å². The number of carboxylic acids is 1. The fourth-order valence-electron chi connectivity index (χ4n) is 4.88. The summed E-state index contributed by atoms with van der Waals surface area (Å²) >= 11 is 0. The minimum absolute atomic E-state index is 0.0103. The van der Waals surface area contributed by atoms with Gasteiger partial charge in [0.05, 0.1) is 17.0 Å². The third-order valence-electron chi connectivity index (χ3n) is 6.82. The molecule has 33 heavy (non-hydrogen) atoms. The Bertz CT molecular complexity index is 1270. The van der Waals surface area contributed by atoms with Crippen molar-refractivity contribution in [2.45, 2.75) is 71.0 Å². The molecule has 2 aromatic carbocycles. The predicted octanol–water partition coefficient (Wildman–Crippen LogP) is 6.67. The van der Waals surface area contributed by atoms with Crippen molar-refractivity contribution in [3.05, 3.63) is 74.6 Å². The van der Waals surface area contributed by atoms with Crippen molar-refractivity contribution in [1.29, 1.82) is 0 Å². The number of para-hydroxylation sites is 1. The second-order valence-electron chi connectivity index (χ2n) is 9.56. The minimum atomic E-state index is -1.17. The van der Waals surface area contributed by atoms with Gasteiger partial charge in [-0.3, -0.25) is 4.79 Å². The molecule has 0 bridgehead atoms. The van der Waals surface area contributed by atoms with Gasteiger partial charge in [-0.05, 0) is 77.1 Å². The number of alkyl halides is 1. The molecule has 0 radical (unpaired) electrons. The third kappa shape index (κ3) is 4.52. The summed E-state index contributed by atoms with van der Waals surface area (Å²) in [6.45, 7) is 7.26. The second kappa shape index (κ2) is 8.65. The molecule has 2 N–H and O–H groups in total. The molecule has 3 aromatic rings. The van der Waals surface area contributed by atoms with E-state index in [1.54, 1.807) is 38.1 Å². The van der Waals surface area contributed by atoms with Gasteiger partial charge in [0, 0.05) is 22.7 Å². The predicted molar refractivity (Wildman–Crippen MR) is 128 cm³/mol. The Hall–Kier alpha value is -3.15. The maximum atomic E-state index is 14.4. The first kappa shape index (κ1) is 23.0. The van der Waals surface area contributed by atoms with Crippen LogP contribution in [0.5, 0.6) is 0 Å². The lowest BCUT2D eigenvalue weighted by molar-refractivity contribution is 0.0698. The Morgan fingerprint density at radius 3 is 2.55 bits per heavy atom. The standard InChI is InChI=1S/C27H30FNO4/c1-15-13-20(17(3)29-22-8-6-5-7-19(22)26(31)32)25-21(14-15)23(30)16(2)24(33-25)18-9-11-27(4,28)12-10-18/h5-8,13-14,17-18,29H,9-12H2,1-4H3,(H,31,32)/t17-,18?,27?/m1/s1. The van der Waals surface area contributed by atoms with E-state index < -0.39 is 11.6 Å². The number of hydrogen-bond donors (Lipinski definition) is 2. The van der Waals surface area contributed by atoms with Crippen LogP contribution in [0.15, 0.2) is 45.6 Å². The molecule has 174 valence electrons. The minimum Gasteiger partial charge on any atom is -0.478 e. The van der Waals surface area contributed by atoms with Gasteiger partial charge < -0.3 is 14.8 Å². The lowest BCUT2D eigenvalue weighted by Crippen LogP contribution is -2.26. The number of aryl methyl sites for hydroxylation is 1. The maximum Gasteiger partial charge on any atom is 0.337 e. The highest BCUT2D eigenvalue weighted by Crippen LogP contribution is 2.41. The number of anilines is 1. The van der Waals surface area contributed by atoms with Gasteiger partial charge in [-0.15, -0.1) is 0 Å². The Morgan fingerprint density at radius 2 is 1.88 bits per heavy atom. The van der Waals surface area contributed by atoms with Crippen molar-refractivity contribution in [3.8, 4) is 0 Å². The summed E-state index contributed by atoms with van der Waals surface area (Å²) in [6, 6.07) is 10.2. The molecule has 4 rings (SSSR count). The van der Waals surface area contributed by atoms with Crippen LogP contribution in [0.4, 0.5) is 10.1 Å². The van der Waals surface area contributed by atoms with Crippen molar-refractivity contribution in [2.24, 2.45) is 0 Å². The summed E-state index contributed by atoms with van der Waals surface area (Å²) in [7, 11) is 0. The zero-order valence-electron chi connectivity index (χ0n) is 19.5. The number of carboxylic acid groups (broad SMARTS) is 1. The van der Waals surface area contributed by atoms with Crippen molar-refractivity contribution in [1.82, 2.24) is 0 Å². The molecule has 0 saturated heterocycles. The van der Waals surface area contributed by atoms with Gasteiger partial charge in [-0.25, -0.2) is 9.18 Å². The Balaban J connectivity index is 1.80. The molecular weight excluding hydrogens is 421 g/mol. The number of halogens is 1. The van der Waals surface area contributed by atoms with Crippen molar-refractivity contribution < 1.29 is 18.7 Å².